The molecule has 1 atom stereocenters. The minimum absolute atomic E-state index is 0.166. The van der Waals surface area contributed by atoms with E-state index < -0.39 is 0 Å². The van der Waals surface area contributed by atoms with Gasteiger partial charge in [-0.25, -0.2) is 9.97 Å². The number of aromatic nitrogens is 2. The number of ether oxygens (including phenoxy) is 2. The monoisotopic (exact) mass is 392 g/mol. The highest BCUT2D eigenvalue weighted by Gasteiger charge is 2.30. The predicted octanol–water partition coefficient (Wildman–Crippen LogP) is 4.41. The molecule has 142 valence electrons. The van der Waals surface area contributed by atoms with Crippen LogP contribution in [-0.2, 0) is 6.42 Å². The Bertz CT molecular complexity index is 1070. The van der Waals surface area contributed by atoms with Gasteiger partial charge < -0.3 is 20.5 Å². The molecular formula is C21H20N4O2S. The summed E-state index contributed by atoms with van der Waals surface area (Å²) in [6, 6.07) is 13.9. The van der Waals surface area contributed by atoms with Crippen LogP contribution in [0.3, 0.4) is 0 Å². The molecule has 3 aromatic rings. The van der Waals surface area contributed by atoms with E-state index in [1.165, 1.54) is 11.9 Å². The summed E-state index contributed by atoms with van der Waals surface area (Å²) in [4.78, 5) is 9.75. The second kappa shape index (κ2) is 6.39. The molecule has 1 aromatic heterocycles. The van der Waals surface area contributed by atoms with Crippen molar-refractivity contribution in [2.75, 3.05) is 5.32 Å². The van der Waals surface area contributed by atoms with Gasteiger partial charge in [0, 0.05) is 22.9 Å². The first-order valence-electron chi connectivity index (χ1n) is 9.11. The Kier molecular flexibility index (Phi) is 3.96. The zero-order valence-electron chi connectivity index (χ0n) is 15.6. The van der Waals surface area contributed by atoms with Crippen molar-refractivity contribution in [1.82, 2.24) is 9.97 Å². The second-order valence-electron chi connectivity index (χ2n) is 7.52. The van der Waals surface area contributed by atoms with E-state index in [9.17, 15) is 0 Å². The van der Waals surface area contributed by atoms with Crippen molar-refractivity contribution in [1.29, 1.82) is 0 Å². The van der Waals surface area contributed by atoms with Crippen LogP contribution in [0.4, 0.5) is 5.69 Å². The fourth-order valence-electron chi connectivity index (χ4n) is 3.56. The van der Waals surface area contributed by atoms with Crippen molar-refractivity contribution in [3.63, 3.8) is 0 Å². The third-order valence-electron chi connectivity index (χ3n) is 4.75. The third-order valence-corrected chi connectivity index (χ3v) is 5.72. The number of nitrogens with two attached hydrogens (primary N) is 1. The highest BCUT2D eigenvalue weighted by molar-refractivity contribution is 8.00. The molecule has 0 saturated carbocycles. The SMILES string of the molecule is CC1(C)Cc2ccc(-c3cc(Oc4cccc5c4NC(N)S5)ncn3)cc2O1. The van der Waals surface area contributed by atoms with E-state index in [0.717, 1.165) is 34.0 Å². The van der Waals surface area contributed by atoms with Gasteiger partial charge >= 0.3 is 0 Å². The van der Waals surface area contributed by atoms with Gasteiger partial charge in [0.2, 0.25) is 5.88 Å². The topological polar surface area (TPSA) is 82.3 Å². The van der Waals surface area contributed by atoms with E-state index in [-0.39, 0.29) is 11.1 Å². The Morgan fingerprint density at radius 2 is 2.11 bits per heavy atom. The molecule has 0 amide bonds. The minimum Gasteiger partial charge on any atom is -0.487 e. The van der Waals surface area contributed by atoms with Gasteiger partial charge in [-0.15, -0.1) is 0 Å². The Hall–Kier alpha value is -2.77. The lowest BCUT2D eigenvalue weighted by atomic mass is 10.0. The normalized spacial score (nSPS) is 18.8. The molecule has 5 rings (SSSR count). The zero-order valence-corrected chi connectivity index (χ0v) is 16.4. The molecule has 3 N–H and O–H groups in total. The minimum atomic E-state index is -0.170. The van der Waals surface area contributed by atoms with Crippen LogP contribution >= 0.6 is 11.8 Å². The summed E-state index contributed by atoms with van der Waals surface area (Å²) in [5, 5.41) is 3.22. The number of thioether (sulfide) groups is 1. The summed E-state index contributed by atoms with van der Waals surface area (Å²) in [6.45, 7) is 4.19. The first kappa shape index (κ1) is 17.3. The van der Waals surface area contributed by atoms with Crippen LogP contribution in [-0.4, -0.2) is 21.1 Å². The number of nitrogens with one attached hydrogen (secondary N) is 1. The first-order valence-corrected chi connectivity index (χ1v) is 9.99. The second-order valence-corrected chi connectivity index (χ2v) is 8.70. The van der Waals surface area contributed by atoms with Gasteiger partial charge in [0.05, 0.1) is 11.4 Å². The van der Waals surface area contributed by atoms with Gasteiger partial charge in [-0.05, 0) is 37.6 Å². The first-order chi connectivity index (χ1) is 13.5. The Morgan fingerprint density at radius 1 is 1.21 bits per heavy atom. The van der Waals surface area contributed by atoms with Crippen molar-refractivity contribution in [2.24, 2.45) is 5.73 Å². The number of rotatable bonds is 3. The molecule has 3 heterocycles. The summed E-state index contributed by atoms with van der Waals surface area (Å²) in [6.07, 6.45) is 2.42. The zero-order chi connectivity index (χ0) is 19.3. The van der Waals surface area contributed by atoms with Crippen LogP contribution in [0, 0.1) is 0 Å². The smallest absolute Gasteiger partial charge is 0.222 e. The number of para-hydroxylation sites is 1. The van der Waals surface area contributed by atoms with Crippen LogP contribution in [0.2, 0.25) is 0 Å². The van der Waals surface area contributed by atoms with E-state index in [1.807, 2.05) is 30.3 Å². The van der Waals surface area contributed by atoms with Crippen molar-refractivity contribution in [3.05, 3.63) is 54.4 Å². The molecule has 28 heavy (non-hydrogen) atoms. The van der Waals surface area contributed by atoms with Gasteiger partial charge in [0.25, 0.3) is 0 Å². The van der Waals surface area contributed by atoms with Crippen molar-refractivity contribution in [3.8, 4) is 28.6 Å². The molecule has 0 aliphatic carbocycles. The lowest BCUT2D eigenvalue weighted by Gasteiger charge is -2.16. The number of anilines is 1. The molecule has 0 fully saturated rings. The predicted molar refractivity (Wildman–Crippen MR) is 110 cm³/mol. The van der Waals surface area contributed by atoms with Gasteiger partial charge in [-0.2, -0.15) is 0 Å². The summed E-state index contributed by atoms with van der Waals surface area (Å²) in [7, 11) is 0. The fourth-order valence-corrected chi connectivity index (χ4v) is 4.44. The maximum atomic E-state index is 6.05. The highest BCUT2D eigenvalue weighted by Crippen LogP contribution is 2.44. The van der Waals surface area contributed by atoms with Crippen LogP contribution in [0.1, 0.15) is 19.4 Å². The van der Waals surface area contributed by atoms with E-state index in [1.54, 1.807) is 11.8 Å². The number of nitrogens with zero attached hydrogens (tertiary/aromatic N) is 2. The van der Waals surface area contributed by atoms with E-state index in [2.05, 4.69) is 41.3 Å². The lowest BCUT2D eigenvalue weighted by molar-refractivity contribution is 0.138. The number of hydrogen-bond donors (Lipinski definition) is 2. The highest BCUT2D eigenvalue weighted by atomic mass is 32.2. The van der Waals surface area contributed by atoms with E-state index >= 15 is 0 Å². The number of fused-ring (bicyclic) bond motifs is 2. The molecule has 0 saturated heterocycles. The molecule has 1 unspecified atom stereocenters. The maximum Gasteiger partial charge on any atom is 0.222 e. The third kappa shape index (κ3) is 3.16. The van der Waals surface area contributed by atoms with E-state index in [4.69, 9.17) is 15.2 Å². The van der Waals surface area contributed by atoms with Crippen LogP contribution < -0.4 is 20.5 Å². The molecular weight excluding hydrogens is 372 g/mol. The Balaban J connectivity index is 1.44. The van der Waals surface area contributed by atoms with Gasteiger partial charge in [0.1, 0.15) is 23.2 Å². The van der Waals surface area contributed by atoms with Gasteiger partial charge in [-0.3, -0.25) is 0 Å². The van der Waals surface area contributed by atoms with Crippen LogP contribution in [0.15, 0.2) is 53.7 Å². The molecule has 2 aromatic carbocycles. The number of benzene rings is 2. The number of hydrogen-bond acceptors (Lipinski definition) is 7. The molecule has 2 aliphatic rings. The molecule has 7 heteroatoms. The van der Waals surface area contributed by atoms with Gasteiger partial charge in [-0.1, -0.05) is 30.0 Å². The average Bonchev–Trinajstić information content (AvgIpc) is 3.19. The standard InChI is InChI=1S/C21H20N4O2S/c1-21(2)10-13-7-6-12(8-16(13)27-21)14-9-18(24-11-23-14)26-15-4-3-5-17-19(15)25-20(22)28-17/h3-9,11,20,25H,10,22H2,1-2H3. The quantitative estimate of drug-likeness (QED) is 0.683. The average molecular weight is 392 g/mol. The van der Waals surface area contributed by atoms with Crippen LogP contribution in [0.5, 0.6) is 17.4 Å². The molecule has 0 bridgehead atoms. The molecule has 2 aliphatic heterocycles. The summed E-state index contributed by atoms with van der Waals surface area (Å²) < 4.78 is 12.1. The van der Waals surface area contributed by atoms with Crippen molar-refractivity contribution < 1.29 is 9.47 Å². The summed E-state index contributed by atoms with van der Waals surface area (Å²) in [5.74, 6) is 2.09. The largest absolute Gasteiger partial charge is 0.487 e. The summed E-state index contributed by atoms with van der Waals surface area (Å²) >= 11 is 1.57. The fraction of sp³-hybridized carbons (Fsp3) is 0.238. The molecule has 0 spiro atoms. The summed E-state index contributed by atoms with van der Waals surface area (Å²) in [5.41, 5.74) is 9.51. The van der Waals surface area contributed by atoms with Gasteiger partial charge in [0.15, 0.2) is 5.75 Å². The Morgan fingerprint density at radius 3 is 3.00 bits per heavy atom. The van der Waals surface area contributed by atoms with E-state index in [0.29, 0.717) is 11.6 Å². The van der Waals surface area contributed by atoms with Crippen molar-refractivity contribution >= 4 is 17.4 Å². The maximum absolute atomic E-state index is 6.05. The molecule has 0 radical (unpaired) electrons. The van der Waals surface area contributed by atoms with Crippen molar-refractivity contribution in [2.45, 2.75) is 36.3 Å². The molecule has 6 nitrogen and oxygen atoms in total. The Labute approximate surface area is 167 Å². The lowest BCUT2D eigenvalue weighted by Crippen LogP contribution is -2.24. The van der Waals surface area contributed by atoms with Crippen LogP contribution in [0.25, 0.3) is 11.3 Å².